The Kier molecular flexibility index (Phi) is 9.95. The maximum absolute atomic E-state index is 12.4. The van der Waals surface area contributed by atoms with Crippen LogP contribution in [0.5, 0.6) is 0 Å². The van der Waals surface area contributed by atoms with E-state index in [0.29, 0.717) is 0 Å². The molecule has 6 N–H and O–H groups in total. The average Bonchev–Trinajstić information content (AvgIpc) is 2.56. The molecule has 0 heterocycles. The molecule has 0 aromatic carbocycles. The number of hydrogen-bond donors (Lipinski definition) is 5. The van der Waals surface area contributed by atoms with Crippen LogP contribution in [0.4, 0.5) is 0 Å². The monoisotopic (exact) mass is 405 g/mol. The van der Waals surface area contributed by atoms with Crippen molar-refractivity contribution in [3.63, 3.8) is 0 Å². The highest BCUT2D eigenvalue weighted by molar-refractivity contribution is 7.58. The van der Waals surface area contributed by atoms with E-state index in [-0.39, 0.29) is 30.7 Å². The van der Waals surface area contributed by atoms with Crippen LogP contribution in [0.1, 0.15) is 52.9 Å². The van der Waals surface area contributed by atoms with Gasteiger partial charge in [0.25, 0.3) is 0 Å². The SMILES string of the molecule is CC(C)[C@@H](NC(=O)[C@H](C)N)C(=O)NC[C@@H](O)CP(=O)(O)CC1CCCCC1. The third-order valence-electron chi connectivity index (χ3n) is 4.94. The zero-order valence-electron chi connectivity index (χ0n) is 16.7. The van der Waals surface area contributed by atoms with Crippen molar-refractivity contribution in [1.29, 1.82) is 0 Å². The number of hydrogen-bond acceptors (Lipinski definition) is 5. The molecule has 158 valence electrons. The van der Waals surface area contributed by atoms with Crippen LogP contribution < -0.4 is 16.4 Å². The van der Waals surface area contributed by atoms with Crippen molar-refractivity contribution in [2.45, 2.75) is 71.1 Å². The summed E-state index contributed by atoms with van der Waals surface area (Å²) < 4.78 is 12.4. The van der Waals surface area contributed by atoms with Gasteiger partial charge in [-0.25, -0.2) is 0 Å². The Bertz CT molecular complexity index is 535. The van der Waals surface area contributed by atoms with E-state index in [1.165, 1.54) is 13.3 Å². The molecule has 1 unspecified atom stereocenters. The summed E-state index contributed by atoms with van der Waals surface area (Å²) in [6, 6.07) is -1.51. The molecule has 0 saturated heterocycles. The van der Waals surface area contributed by atoms with E-state index in [2.05, 4.69) is 10.6 Å². The molecule has 1 aliphatic carbocycles. The Balaban J connectivity index is 2.48. The number of amides is 2. The summed E-state index contributed by atoms with van der Waals surface area (Å²) in [6.07, 6.45) is 4.18. The van der Waals surface area contributed by atoms with Gasteiger partial charge in [-0.1, -0.05) is 33.1 Å². The van der Waals surface area contributed by atoms with Crippen LogP contribution in [0.15, 0.2) is 0 Å². The summed E-state index contributed by atoms with van der Waals surface area (Å²) in [5, 5.41) is 15.2. The molecule has 0 bridgehead atoms. The van der Waals surface area contributed by atoms with E-state index in [9.17, 15) is 24.2 Å². The minimum Gasteiger partial charge on any atom is -0.391 e. The lowest BCUT2D eigenvalue weighted by atomic mass is 9.91. The Morgan fingerprint density at radius 2 is 1.74 bits per heavy atom. The predicted octanol–water partition coefficient (Wildman–Crippen LogP) is 0.802. The van der Waals surface area contributed by atoms with Gasteiger partial charge < -0.3 is 26.4 Å². The van der Waals surface area contributed by atoms with Gasteiger partial charge in [-0.3, -0.25) is 14.2 Å². The van der Waals surface area contributed by atoms with E-state index in [0.717, 1.165) is 25.7 Å². The average molecular weight is 405 g/mol. The highest BCUT2D eigenvalue weighted by Crippen LogP contribution is 2.45. The van der Waals surface area contributed by atoms with Gasteiger partial charge in [0, 0.05) is 12.7 Å². The van der Waals surface area contributed by atoms with Gasteiger partial charge in [0.15, 0.2) is 0 Å². The van der Waals surface area contributed by atoms with Crippen molar-refractivity contribution in [1.82, 2.24) is 10.6 Å². The summed E-state index contributed by atoms with van der Waals surface area (Å²) in [6.45, 7) is 4.97. The standard InChI is InChI=1S/C18H36N3O5P/c1-12(2)16(21-17(23)13(3)19)18(24)20-9-15(22)11-27(25,26)10-14-7-5-4-6-8-14/h12-16,22H,4-11,19H2,1-3H3,(H,20,24)(H,21,23)(H,25,26)/t13-,15+,16+/m0/s1. The third-order valence-corrected chi connectivity index (χ3v) is 7.02. The second-order valence-electron chi connectivity index (χ2n) is 8.13. The lowest BCUT2D eigenvalue weighted by Gasteiger charge is -2.26. The molecule has 1 rings (SSSR count). The maximum Gasteiger partial charge on any atom is 0.242 e. The zero-order chi connectivity index (χ0) is 20.6. The van der Waals surface area contributed by atoms with E-state index < -0.39 is 37.4 Å². The summed E-state index contributed by atoms with van der Waals surface area (Å²) in [5.74, 6) is -0.801. The molecular weight excluding hydrogens is 369 g/mol. The molecule has 27 heavy (non-hydrogen) atoms. The second-order valence-corrected chi connectivity index (χ2v) is 10.6. The lowest BCUT2D eigenvalue weighted by molar-refractivity contribution is -0.130. The van der Waals surface area contributed by atoms with Crippen LogP contribution in [0, 0.1) is 11.8 Å². The highest BCUT2D eigenvalue weighted by atomic mass is 31.2. The largest absolute Gasteiger partial charge is 0.391 e. The normalized spacial score (nSPS) is 21.1. The van der Waals surface area contributed by atoms with Gasteiger partial charge in [0.2, 0.25) is 19.2 Å². The molecule has 2 amide bonds. The maximum atomic E-state index is 12.4. The van der Waals surface area contributed by atoms with Crippen LogP contribution in [-0.4, -0.2) is 58.9 Å². The third kappa shape index (κ3) is 9.19. The first-order valence-electron chi connectivity index (χ1n) is 9.84. The van der Waals surface area contributed by atoms with Crippen LogP contribution >= 0.6 is 7.37 Å². The Labute approximate surface area is 162 Å². The molecule has 8 nitrogen and oxygen atoms in total. The summed E-state index contributed by atoms with van der Waals surface area (Å²) in [5.41, 5.74) is 5.51. The topological polar surface area (TPSA) is 142 Å². The first-order chi connectivity index (χ1) is 12.5. The fourth-order valence-electron chi connectivity index (χ4n) is 3.39. The molecule has 4 atom stereocenters. The molecule has 0 aromatic rings. The number of carbonyl (C=O) groups excluding carboxylic acids is 2. The molecule has 0 aliphatic heterocycles. The van der Waals surface area contributed by atoms with E-state index >= 15 is 0 Å². The van der Waals surface area contributed by atoms with E-state index in [1.54, 1.807) is 13.8 Å². The van der Waals surface area contributed by atoms with Gasteiger partial charge >= 0.3 is 0 Å². The van der Waals surface area contributed by atoms with Crippen LogP contribution in [-0.2, 0) is 14.2 Å². The molecule has 0 radical (unpaired) electrons. The number of nitrogens with one attached hydrogen (secondary N) is 2. The van der Waals surface area contributed by atoms with Crippen molar-refractivity contribution in [3.8, 4) is 0 Å². The predicted molar refractivity (Wildman–Crippen MR) is 106 cm³/mol. The number of aliphatic hydroxyl groups is 1. The van der Waals surface area contributed by atoms with Crippen molar-refractivity contribution in [3.05, 3.63) is 0 Å². The molecule has 9 heteroatoms. The van der Waals surface area contributed by atoms with Gasteiger partial charge in [-0.2, -0.15) is 0 Å². The fraction of sp³-hybridized carbons (Fsp3) is 0.889. The zero-order valence-corrected chi connectivity index (χ0v) is 17.6. The number of carbonyl (C=O) groups is 2. The summed E-state index contributed by atoms with van der Waals surface area (Å²) in [7, 11) is -3.44. The lowest BCUT2D eigenvalue weighted by Crippen LogP contribution is -2.54. The Hall–Kier alpha value is -0.950. The quantitative estimate of drug-likeness (QED) is 0.340. The van der Waals surface area contributed by atoms with Crippen molar-refractivity contribution < 1.29 is 24.2 Å². The van der Waals surface area contributed by atoms with Gasteiger partial charge in [-0.05, 0) is 31.6 Å². The van der Waals surface area contributed by atoms with Crippen molar-refractivity contribution in [2.24, 2.45) is 17.6 Å². The van der Waals surface area contributed by atoms with Gasteiger partial charge in [-0.15, -0.1) is 0 Å². The molecule has 0 aromatic heterocycles. The molecule has 1 fully saturated rings. The Morgan fingerprint density at radius 1 is 1.15 bits per heavy atom. The summed E-state index contributed by atoms with van der Waals surface area (Å²) in [4.78, 5) is 34.3. The van der Waals surface area contributed by atoms with E-state index in [4.69, 9.17) is 5.73 Å². The van der Waals surface area contributed by atoms with Gasteiger partial charge in [0.1, 0.15) is 6.04 Å². The number of nitrogens with two attached hydrogens (primary N) is 1. The van der Waals surface area contributed by atoms with Gasteiger partial charge in [0.05, 0.1) is 18.3 Å². The molecule has 1 saturated carbocycles. The number of aliphatic hydroxyl groups excluding tert-OH is 1. The van der Waals surface area contributed by atoms with Crippen molar-refractivity contribution >= 4 is 19.2 Å². The summed E-state index contributed by atoms with van der Waals surface area (Å²) >= 11 is 0. The first kappa shape index (κ1) is 24.1. The van der Waals surface area contributed by atoms with E-state index in [1.807, 2.05) is 0 Å². The molecular formula is C18H36N3O5P. The smallest absolute Gasteiger partial charge is 0.242 e. The fourth-order valence-corrected chi connectivity index (χ4v) is 5.50. The number of rotatable bonds is 10. The van der Waals surface area contributed by atoms with Crippen LogP contribution in [0.25, 0.3) is 0 Å². The van der Waals surface area contributed by atoms with Crippen molar-refractivity contribution in [2.75, 3.05) is 18.9 Å². The first-order valence-corrected chi connectivity index (χ1v) is 11.9. The minimum atomic E-state index is -3.44. The molecule has 0 spiro atoms. The molecule has 1 aliphatic rings. The van der Waals surface area contributed by atoms with Crippen LogP contribution in [0.3, 0.4) is 0 Å². The second kappa shape index (κ2) is 11.1. The Morgan fingerprint density at radius 3 is 2.26 bits per heavy atom. The minimum absolute atomic E-state index is 0.134. The highest BCUT2D eigenvalue weighted by Gasteiger charge is 2.29. The van der Waals surface area contributed by atoms with Crippen LogP contribution in [0.2, 0.25) is 0 Å².